The second kappa shape index (κ2) is 9.40. The Bertz CT molecular complexity index is 1010. The molecule has 1 saturated carbocycles. The van der Waals surface area contributed by atoms with Crippen LogP contribution in [0.4, 0.5) is 4.79 Å². The van der Waals surface area contributed by atoms with E-state index in [1.54, 1.807) is 4.90 Å². The number of ether oxygens (including phenoxy) is 1. The first-order valence-electron chi connectivity index (χ1n) is 11.0. The van der Waals surface area contributed by atoms with Crippen molar-refractivity contribution in [3.63, 3.8) is 0 Å². The Hall–Kier alpha value is -2.38. The summed E-state index contributed by atoms with van der Waals surface area (Å²) in [4.78, 5) is 14.7. The molecule has 2 fully saturated rings. The van der Waals surface area contributed by atoms with Crippen molar-refractivity contribution >= 4 is 16.1 Å². The lowest BCUT2D eigenvalue weighted by Crippen LogP contribution is -2.58. The molecular weight excluding hydrogens is 412 g/mol. The van der Waals surface area contributed by atoms with Gasteiger partial charge < -0.3 is 9.64 Å². The monoisotopic (exact) mass is 442 g/mol. The van der Waals surface area contributed by atoms with Crippen LogP contribution in [0.1, 0.15) is 37.7 Å². The molecule has 6 nitrogen and oxygen atoms in total. The zero-order chi connectivity index (χ0) is 21.8. The van der Waals surface area contributed by atoms with Crippen molar-refractivity contribution < 1.29 is 17.9 Å². The van der Waals surface area contributed by atoms with Crippen molar-refractivity contribution in [3.8, 4) is 11.1 Å². The summed E-state index contributed by atoms with van der Waals surface area (Å²) < 4.78 is 32.4. The Morgan fingerprint density at radius 2 is 1.77 bits per heavy atom. The van der Waals surface area contributed by atoms with E-state index in [2.05, 4.69) is 29.0 Å². The smallest absolute Gasteiger partial charge is 0.410 e. The molecule has 31 heavy (non-hydrogen) atoms. The van der Waals surface area contributed by atoms with E-state index in [1.165, 1.54) is 6.26 Å². The number of benzene rings is 2. The van der Waals surface area contributed by atoms with Crippen LogP contribution in [0.15, 0.2) is 54.6 Å². The number of likely N-dealkylation sites (tertiary alicyclic amines) is 1. The number of piperidine rings is 1. The SMILES string of the molecule is CS(=O)(=O)NC1CCCN(C(=O)OC2CCC2)C1Cc1cccc(-c2ccccc2)c1. The molecule has 2 aromatic rings. The Morgan fingerprint density at radius 1 is 1.03 bits per heavy atom. The zero-order valence-electron chi connectivity index (χ0n) is 17.9. The van der Waals surface area contributed by atoms with E-state index in [0.717, 1.165) is 42.4 Å². The lowest BCUT2D eigenvalue weighted by molar-refractivity contribution is 0.00855. The number of carbonyl (C=O) groups excluding carboxylic acids is 1. The Kier molecular flexibility index (Phi) is 6.62. The molecule has 1 aliphatic carbocycles. The van der Waals surface area contributed by atoms with E-state index in [0.29, 0.717) is 19.4 Å². The third kappa shape index (κ3) is 5.66. The number of nitrogens with zero attached hydrogens (tertiary/aromatic N) is 1. The van der Waals surface area contributed by atoms with Crippen LogP contribution in [-0.2, 0) is 21.2 Å². The predicted octanol–water partition coefficient (Wildman–Crippen LogP) is 3.97. The molecule has 7 heteroatoms. The summed E-state index contributed by atoms with van der Waals surface area (Å²) in [5, 5.41) is 0. The Balaban J connectivity index is 1.58. The third-order valence-corrected chi connectivity index (χ3v) is 6.91. The van der Waals surface area contributed by atoms with Gasteiger partial charge in [-0.2, -0.15) is 0 Å². The molecule has 0 spiro atoms. The number of amides is 1. The van der Waals surface area contributed by atoms with E-state index >= 15 is 0 Å². The fourth-order valence-corrected chi connectivity index (χ4v) is 5.22. The maximum absolute atomic E-state index is 12.9. The quantitative estimate of drug-likeness (QED) is 0.735. The molecule has 0 aromatic heterocycles. The first-order valence-corrected chi connectivity index (χ1v) is 12.9. The number of nitrogens with one attached hydrogen (secondary N) is 1. The molecule has 1 heterocycles. The van der Waals surface area contributed by atoms with Crippen LogP contribution in [0.5, 0.6) is 0 Å². The van der Waals surface area contributed by atoms with E-state index < -0.39 is 10.0 Å². The van der Waals surface area contributed by atoms with Gasteiger partial charge in [0, 0.05) is 12.6 Å². The van der Waals surface area contributed by atoms with Gasteiger partial charge >= 0.3 is 6.09 Å². The molecule has 2 unspecified atom stereocenters. The second-order valence-corrected chi connectivity index (χ2v) is 10.4. The number of hydrogen-bond acceptors (Lipinski definition) is 4. The number of carbonyl (C=O) groups is 1. The van der Waals surface area contributed by atoms with Crippen LogP contribution in [0, 0.1) is 0 Å². The summed E-state index contributed by atoms with van der Waals surface area (Å²) in [6.45, 7) is 0.580. The maximum Gasteiger partial charge on any atom is 0.410 e. The van der Waals surface area contributed by atoms with Crippen molar-refractivity contribution in [1.29, 1.82) is 0 Å². The molecule has 1 N–H and O–H groups in total. The fraction of sp³-hybridized carbons (Fsp3) is 0.458. The topological polar surface area (TPSA) is 75.7 Å². The highest BCUT2D eigenvalue weighted by atomic mass is 32.2. The molecule has 0 bridgehead atoms. The summed E-state index contributed by atoms with van der Waals surface area (Å²) in [5.41, 5.74) is 3.29. The predicted molar refractivity (Wildman–Crippen MR) is 121 cm³/mol. The third-order valence-electron chi connectivity index (χ3n) is 6.18. The number of hydrogen-bond donors (Lipinski definition) is 1. The molecular formula is C24H30N2O4S. The average molecular weight is 443 g/mol. The van der Waals surface area contributed by atoms with Gasteiger partial charge in [-0.3, -0.25) is 0 Å². The van der Waals surface area contributed by atoms with Crippen molar-refractivity contribution in [2.75, 3.05) is 12.8 Å². The normalized spacial score (nSPS) is 22.0. The first-order chi connectivity index (χ1) is 14.9. The standard InChI is InChI=1S/C24H30N2O4S/c1-31(28,29)25-22-14-7-15-26(24(27)30-21-12-6-13-21)23(22)17-18-8-5-11-20(16-18)19-9-3-2-4-10-19/h2-5,8-11,16,21-23,25H,6-7,12-15,17H2,1H3. The molecule has 4 rings (SSSR count). The average Bonchev–Trinajstić information content (AvgIpc) is 2.71. The molecule has 2 aliphatic rings. The summed E-state index contributed by atoms with van der Waals surface area (Å²) >= 11 is 0. The minimum atomic E-state index is -3.39. The summed E-state index contributed by atoms with van der Waals surface area (Å²) in [7, 11) is -3.39. The zero-order valence-corrected chi connectivity index (χ0v) is 18.7. The highest BCUT2D eigenvalue weighted by Crippen LogP contribution is 2.28. The molecule has 1 amide bonds. The first kappa shape index (κ1) is 21.8. The summed E-state index contributed by atoms with van der Waals surface area (Å²) in [6.07, 6.45) is 5.76. The van der Waals surface area contributed by atoms with Gasteiger partial charge in [0.05, 0.1) is 12.3 Å². The molecule has 0 radical (unpaired) electrons. The molecule has 166 valence electrons. The van der Waals surface area contributed by atoms with Gasteiger partial charge in [0.1, 0.15) is 6.10 Å². The fourth-order valence-electron chi connectivity index (χ4n) is 4.40. The summed E-state index contributed by atoms with van der Waals surface area (Å²) in [5.74, 6) is 0. The van der Waals surface area contributed by atoms with Gasteiger partial charge in [0.25, 0.3) is 0 Å². The lowest BCUT2D eigenvalue weighted by atomic mass is 9.90. The van der Waals surface area contributed by atoms with E-state index in [9.17, 15) is 13.2 Å². The van der Waals surface area contributed by atoms with Gasteiger partial charge in [-0.1, -0.05) is 54.6 Å². The number of rotatable bonds is 6. The Morgan fingerprint density at radius 3 is 2.45 bits per heavy atom. The van der Waals surface area contributed by atoms with Crippen molar-refractivity contribution in [3.05, 3.63) is 60.2 Å². The summed E-state index contributed by atoms with van der Waals surface area (Å²) in [6, 6.07) is 17.7. The van der Waals surface area contributed by atoms with Crippen LogP contribution in [-0.4, -0.2) is 50.4 Å². The van der Waals surface area contributed by atoms with E-state index in [4.69, 9.17) is 4.74 Å². The van der Waals surface area contributed by atoms with Gasteiger partial charge in [-0.15, -0.1) is 0 Å². The molecule has 1 saturated heterocycles. The van der Waals surface area contributed by atoms with E-state index in [1.807, 2.05) is 30.3 Å². The van der Waals surface area contributed by atoms with Crippen LogP contribution >= 0.6 is 0 Å². The minimum Gasteiger partial charge on any atom is -0.446 e. The van der Waals surface area contributed by atoms with Gasteiger partial charge in [-0.25, -0.2) is 17.9 Å². The molecule has 1 aliphatic heterocycles. The van der Waals surface area contributed by atoms with Crippen molar-refractivity contribution in [2.24, 2.45) is 0 Å². The van der Waals surface area contributed by atoms with Crippen molar-refractivity contribution in [2.45, 2.75) is 56.7 Å². The Labute approximate surface area is 184 Å². The van der Waals surface area contributed by atoms with Crippen LogP contribution in [0.25, 0.3) is 11.1 Å². The van der Waals surface area contributed by atoms with Gasteiger partial charge in [0.15, 0.2) is 0 Å². The maximum atomic E-state index is 12.9. The van der Waals surface area contributed by atoms with Crippen LogP contribution in [0.3, 0.4) is 0 Å². The van der Waals surface area contributed by atoms with Gasteiger partial charge in [0.2, 0.25) is 10.0 Å². The highest BCUT2D eigenvalue weighted by molar-refractivity contribution is 7.88. The van der Waals surface area contributed by atoms with Gasteiger partial charge in [-0.05, 0) is 55.2 Å². The molecule has 2 atom stereocenters. The van der Waals surface area contributed by atoms with Crippen molar-refractivity contribution in [1.82, 2.24) is 9.62 Å². The molecule has 2 aromatic carbocycles. The largest absolute Gasteiger partial charge is 0.446 e. The number of sulfonamides is 1. The minimum absolute atomic E-state index is 0.00204. The lowest BCUT2D eigenvalue weighted by Gasteiger charge is -2.42. The van der Waals surface area contributed by atoms with E-state index in [-0.39, 0.29) is 24.3 Å². The second-order valence-electron chi connectivity index (χ2n) is 8.61. The van der Waals surface area contributed by atoms with Crippen LogP contribution in [0.2, 0.25) is 0 Å². The van der Waals surface area contributed by atoms with Crippen LogP contribution < -0.4 is 4.72 Å². The highest BCUT2D eigenvalue weighted by Gasteiger charge is 2.38.